The molecule has 1 aliphatic heterocycles. The molecule has 180 valence electrons. The van der Waals surface area contributed by atoms with E-state index < -0.39 is 6.10 Å². The molecule has 1 saturated heterocycles. The number of halogens is 1. The van der Waals surface area contributed by atoms with E-state index in [9.17, 15) is 5.11 Å². The Balaban J connectivity index is 1.32. The highest BCUT2D eigenvalue weighted by molar-refractivity contribution is 6.30. The monoisotopic (exact) mass is 487 g/mol. The van der Waals surface area contributed by atoms with Crippen LogP contribution >= 0.6 is 11.6 Å². The molecule has 5 rings (SSSR count). The minimum absolute atomic E-state index is 0.577. The van der Waals surface area contributed by atoms with Gasteiger partial charge in [0.1, 0.15) is 24.2 Å². The van der Waals surface area contributed by atoms with Crippen LogP contribution in [0.5, 0.6) is 0 Å². The van der Waals surface area contributed by atoms with E-state index in [-0.39, 0.29) is 0 Å². The lowest BCUT2D eigenvalue weighted by atomic mass is 10.1. The Morgan fingerprint density at radius 2 is 1.57 bits per heavy atom. The lowest BCUT2D eigenvalue weighted by Crippen LogP contribution is -2.60. The van der Waals surface area contributed by atoms with Crippen molar-refractivity contribution in [3.63, 3.8) is 0 Å². The molecule has 2 N–H and O–H groups in total. The summed E-state index contributed by atoms with van der Waals surface area (Å²) in [5.74, 6) is 0.817. The van der Waals surface area contributed by atoms with Crippen molar-refractivity contribution >= 4 is 17.3 Å². The summed E-state index contributed by atoms with van der Waals surface area (Å²) >= 11 is 6.20. The Labute approximate surface area is 212 Å². The summed E-state index contributed by atoms with van der Waals surface area (Å²) in [5.41, 5.74) is 5.27. The van der Waals surface area contributed by atoms with Gasteiger partial charge in [-0.1, -0.05) is 72.3 Å². The molecule has 4 aromatic rings. The summed E-state index contributed by atoms with van der Waals surface area (Å²) in [5, 5.41) is 12.0. The first-order valence-corrected chi connectivity index (χ1v) is 12.6. The third-order valence-corrected chi connectivity index (χ3v) is 7.30. The van der Waals surface area contributed by atoms with Crippen LogP contribution in [0.1, 0.15) is 23.2 Å². The van der Waals surface area contributed by atoms with Crippen LogP contribution in [0, 0.1) is 6.92 Å². The molecule has 0 bridgehead atoms. The molecule has 1 unspecified atom stereocenters. The van der Waals surface area contributed by atoms with Crippen molar-refractivity contribution in [2.75, 3.05) is 32.7 Å². The number of aromatic amines is 1. The molecule has 0 amide bonds. The van der Waals surface area contributed by atoms with E-state index in [0.717, 1.165) is 65.0 Å². The van der Waals surface area contributed by atoms with Gasteiger partial charge in [0.15, 0.2) is 0 Å². The average molecular weight is 488 g/mol. The molecule has 5 nitrogen and oxygen atoms in total. The van der Waals surface area contributed by atoms with Crippen LogP contribution in [-0.2, 0) is 6.54 Å². The average Bonchev–Trinajstić information content (AvgIpc) is 3.29. The highest BCUT2D eigenvalue weighted by Gasteiger charge is 2.36. The number of aryl methyl sites for hydroxylation is 1. The summed E-state index contributed by atoms with van der Waals surface area (Å²) in [6.07, 6.45) is -0.629. The summed E-state index contributed by atoms with van der Waals surface area (Å²) in [4.78, 5) is 10.3. The van der Waals surface area contributed by atoms with Gasteiger partial charge in [-0.25, -0.2) is 4.98 Å². The van der Waals surface area contributed by atoms with Crippen LogP contribution in [0.15, 0.2) is 84.9 Å². The largest absolute Gasteiger partial charge is 0.385 e. The maximum Gasteiger partial charge on any atom is 0.133 e. The first-order valence-electron chi connectivity index (χ1n) is 12.2. The number of hydrogen-bond donors (Lipinski definition) is 2. The highest BCUT2D eigenvalue weighted by atomic mass is 35.5. The zero-order valence-corrected chi connectivity index (χ0v) is 20.8. The molecule has 0 spiro atoms. The van der Waals surface area contributed by atoms with Crippen molar-refractivity contribution in [3.8, 4) is 11.3 Å². The fourth-order valence-electron chi connectivity index (χ4n) is 5.17. The Kier molecular flexibility index (Phi) is 7.02. The Hall–Kier alpha value is -2.96. The molecule has 2 heterocycles. The fraction of sp³-hybridized carbons (Fsp3) is 0.276. The van der Waals surface area contributed by atoms with E-state index in [1.165, 1.54) is 11.3 Å². The second-order valence-electron chi connectivity index (χ2n) is 9.48. The molecule has 1 atom stereocenters. The highest BCUT2D eigenvalue weighted by Crippen LogP contribution is 2.31. The van der Waals surface area contributed by atoms with Gasteiger partial charge >= 0.3 is 0 Å². The zero-order valence-electron chi connectivity index (χ0n) is 20.1. The van der Waals surface area contributed by atoms with Crippen molar-refractivity contribution < 1.29 is 5.11 Å². The van der Waals surface area contributed by atoms with Crippen molar-refractivity contribution in [3.05, 3.63) is 107 Å². The van der Waals surface area contributed by atoms with Gasteiger partial charge in [-0.2, -0.15) is 0 Å². The topological polar surface area (TPSA) is 52.2 Å². The van der Waals surface area contributed by atoms with E-state index in [1.807, 2.05) is 49.4 Å². The van der Waals surface area contributed by atoms with Gasteiger partial charge in [0.25, 0.3) is 0 Å². The Morgan fingerprint density at radius 3 is 2.23 bits per heavy atom. The number of nitrogens with zero attached hydrogens (tertiary/aromatic N) is 3. The number of aliphatic hydroxyl groups is 1. The standard InChI is InChI=1S/C29H32ClN4O/c1-22-31-28(24-10-6-3-7-11-24)29(32-22)27(35)20-33-16-18-34(19-17-33,21-23-8-4-2-5-9-23)26-14-12-25(30)13-15-26/h2-15,27,35H,16-21H2,1H3,(H,31,32)/q+1. The van der Waals surface area contributed by atoms with E-state index in [4.69, 9.17) is 11.6 Å². The molecule has 35 heavy (non-hydrogen) atoms. The van der Waals surface area contributed by atoms with Gasteiger partial charge in [-0.05, 0) is 19.1 Å². The van der Waals surface area contributed by atoms with Crippen molar-refractivity contribution in [2.24, 2.45) is 0 Å². The van der Waals surface area contributed by atoms with Crippen molar-refractivity contribution in [2.45, 2.75) is 19.6 Å². The van der Waals surface area contributed by atoms with Crippen molar-refractivity contribution in [1.82, 2.24) is 19.4 Å². The molecular formula is C29H32ClN4O+. The Bertz CT molecular complexity index is 1230. The molecule has 0 radical (unpaired) electrons. The normalized spacial score (nSPS) is 16.8. The molecular weight excluding hydrogens is 456 g/mol. The lowest BCUT2D eigenvalue weighted by molar-refractivity contribution is 0.0702. The lowest BCUT2D eigenvalue weighted by Gasteiger charge is -2.45. The predicted octanol–water partition coefficient (Wildman–Crippen LogP) is 5.60. The number of nitrogens with one attached hydrogen (secondary N) is 1. The van der Waals surface area contributed by atoms with Crippen molar-refractivity contribution in [1.29, 1.82) is 0 Å². The number of hydrogen-bond acceptors (Lipinski definition) is 3. The van der Waals surface area contributed by atoms with Crippen LogP contribution in [-0.4, -0.2) is 52.7 Å². The van der Waals surface area contributed by atoms with Crippen LogP contribution in [0.2, 0.25) is 5.02 Å². The summed E-state index contributed by atoms with van der Waals surface area (Å²) in [6.45, 7) is 7.20. The number of aliphatic hydroxyl groups excluding tert-OH is 1. The van der Waals surface area contributed by atoms with Gasteiger partial charge in [-0.3, -0.25) is 9.38 Å². The van der Waals surface area contributed by atoms with Gasteiger partial charge in [-0.15, -0.1) is 0 Å². The van der Waals surface area contributed by atoms with Gasteiger partial charge < -0.3 is 10.1 Å². The minimum atomic E-state index is -0.629. The molecule has 0 aliphatic carbocycles. The first kappa shape index (κ1) is 23.8. The summed E-state index contributed by atoms with van der Waals surface area (Å²) in [7, 11) is 0. The smallest absolute Gasteiger partial charge is 0.133 e. The van der Waals surface area contributed by atoms with Gasteiger partial charge in [0.2, 0.25) is 0 Å². The van der Waals surface area contributed by atoms with E-state index >= 15 is 0 Å². The van der Waals surface area contributed by atoms with Gasteiger partial charge in [0, 0.05) is 47.9 Å². The summed E-state index contributed by atoms with van der Waals surface area (Å²) in [6, 6.07) is 29.1. The number of imidazole rings is 1. The second-order valence-corrected chi connectivity index (χ2v) is 9.92. The number of quaternary nitrogens is 1. The number of aromatic nitrogens is 2. The van der Waals surface area contributed by atoms with E-state index in [1.54, 1.807) is 0 Å². The van der Waals surface area contributed by atoms with E-state index in [2.05, 4.69) is 57.3 Å². The van der Waals surface area contributed by atoms with Crippen LogP contribution in [0.4, 0.5) is 5.69 Å². The number of rotatable bonds is 7. The minimum Gasteiger partial charge on any atom is -0.385 e. The number of H-pyrrole nitrogens is 1. The number of piperazine rings is 1. The third-order valence-electron chi connectivity index (χ3n) is 7.05. The molecule has 1 fully saturated rings. The first-order chi connectivity index (χ1) is 17.0. The van der Waals surface area contributed by atoms with Crippen LogP contribution in [0.25, 0.3) is 11.3 Å². The maximum atomic E-state index is 11.2. The molecule has 6 heteroatoms. The number of benzene rings is 3. The molecule has 0 saturated carbocycles. The van der Waals surface area contributed by atoms with E-state index in [0.29, 0.717) is 6.54 Å². The van der Waals surface area contributed by atoms with Gasteiger partial charge in [0.05, 0.1) is 24.5 Å². The number of β-amino-alcohol motifs (C(OH)–C–C–N with tert-alkyl or cyclic N) is 1. The third kappa shape index (κ3) is 5.34. The fourth-order valence-corrected chi connectivity index (χ4v) is 5.30. The maximum absolute atomic E-state index is 11.2. The quantitative estimate of drug-likeness (QED) is 0.334. The second kappa shape index (κ2) is 10.3. The molecule has 1 aromatic heterocycles. The molecule has 3 aromatic carbocycles. The van der Waals surface area contributed by atoms with Crippen LogP contribution in [0.3, 0.4) is 0 Å². The SMILES string of the molecule is Cc1nc(-c2ccccc2)c(C(O)CN2CC[N+](Cc3ccccc3)(c3ccc(Cl)cc3)CC2)[nH]1. The summed E-state index contributed by atoms with van der Waals surface area (Å²) < 4.78 is 0.881. The van der Waals surface area contributed by atoms with Crippen LogP contribution < -0.4 is 4.48 Å². The predicted molar refractivity (Wildman–Crippen MR) is 143 cm³/mol. The Morgan fingerprint density at radius 1 is 0.943 bits per heavy atom. The molecule has 1 aliphatic rings. The zero-order chi connectivity index (χ0) is 24.3.